The zero-order valence-corrected chi connectivity index (χ0v) is 12.9. The van der Waals surface area contributed by atoms with Crippen LogP contribution >= 0.6 is 0 Å². The largest absolute Gasteiger partial charge is 0.433 e. The van der Waals surface area contributed by atoms with Crippen molar-refractivity contribution in [2.45, 2.75) is 26.1 Å². The average molecular weight is 305 g/mol. The molecule has 1 aromatic rings. The van der Waals surface area contributed by atoms with Crippen molar-refractivity contribution in [3.05, 3.63) is 11.8 Å². The Bertz CT molecular complexity index is 460. The molecule has 0 aromatic carbocycles. The second-order valence-corrected chi connectivity index (χ2v) is 5.47. The van der Waals surface area contributed by atoms with E-state index in [1.165, 1.54) is 7.05 Å². The average Bonchev–Trinajstić information content (AvgIpc) is 2.35. The number of halogens is 3. The predicted octanol–water partition coefficient (Wildman–Crippen LogP) is 2.54. The molecule has 1 aromatic heterocycles. The molecule has 1 atom stereocenters. The lowest BCUT2D eigenvalue weighted by Crippen LogP contribution is -2.36. The third-order valence-corrected chi connectivity index (χ3v) is 2.94. The van der Waals surface area contributed by atoms with Crippen molar-refractivity contribution in [2.75, 3.05) is 38.3 Å². The number of likely N-dealkylation sites (N-methyl/N-ethyl adjacent to an activating group) is 1. The summed E-state index contributed by atoms with van der Waals surface area (Å²) in [5, 5.41) is 5.61. The summed E-state index contributed by atoms with van der Waals surface area (Å²) in [5.74, 6) is 0.358. The highest BCUT2D eigenvalue weighted by atomic mass is 19.4. The molecule has 0 fully saturated rings. The second kappa shape index (κ2) is 6.93. The van der Waals surface area contributed by atoms with Crippen LogP contribution in [-0.2, 0) is 6.18 Å². The second-order valence-electron chi connectivity index (χ2n) is 5.47. The van der Waals surface area contributed by atoms with Crippen molar-refractivity contribution in [1.29, 1.82) is 0 Å². The van der Waals surface area contributed by atoms with Gasteiger partial charge in [-0.05, 0) is 20.0 Å². The minimum Gasteiger partial charge on any atom is -0.366 e. The molecule has 0 aliphatic rings. The van der Waals surface area contributed by atoms with Crippen molar-refractivity contribution in [1.82, 2.24) is 14.9 Å². The van der Waals surface area contributed by atoms with Crippen LogP contribution in [0.25, 0.3) is 0 Å². The van der Waals surface area contributed by atoms with Gasteiger partial charge in [-0.25, -0.2) is 4.98 Å². The van der Waals surface area contributed by atoms with Crippen LogP contribution in [0, 0.1) is 5.92 Å². The van der Waals surface area contributed by atoms with E-state index in [2.05, 4.69) is 20.6 Å². The summed E-state index contributed by atoms with van der Waals surface area (Å²) in [6.07, 6.45) is -4.50. The Morgan fingerprint density at radius 1 is 1.24 bits per heavy atom. The van der Waals surface area contributed by atoms with Gasteiger partial charge in [0.25, 0.3) is 0 Å². The molecular weight excluding hydrogens is 283 g/mol. The van der Waals surface area contributed by atoms with Crippen LogP contribution in [0.1, 0.15) is 19.5 Å². The first-order valence-corrected chi connectivity index (χ1v) is 6.68. The van der Waals surface area contributed by atoms with Gasteiger partial charge >= 0.3 is 6.18 Å². The van der Waals surface area contributed by atoms with Gasteiger partial charge in [-0.1, -0.05) is 13.8 Å². The fraction of sp³-hybridized carbons (Fsp3) is 0.692. The lowest BCUT2D eigenvalue weighted by atomic mass is 10.0. The van der Waals surface area contributed by atoms with Gasteiger partial charge in [0.05, 0.1) is 0 Å². The van der Waals surface area contributed by atoms with Gasteiger partial charge in [-0.15, -0.1) is 0 Å². The number of nitrogens with zero attached hydrogens (tertiary/aromatic N) is 3. The SMILES string of the molecule is CNc1nc(NC(CN(C)C)C(C)C)cc(C(F)(F)F)n1. The summed E-state index contributed by atoms with van der Waals surface area (Å²) < 4.78 is 38.5. The molecule has 0 amide bonds. The highest BCUT2D eigenvalue weighted by Gasteiger charge is 2.34. The summed E-state index contributed by atoms with van der Waals surface area (Å²) in [6.45, 7) is 4.70. The fourth-order valence-corrected chi connectivity index (χ4v) is 1.78. The Kier molecular flexibility index (Phi) is 5.77. The van der Waals surface area contributed by atoms with E-state index in [4.69, 9.17) is 0 Å². The molecule has 0 aliphatic heterocycles. The number of aromatic nitrogens is 2. The lowest BCUT2D eigenvalue weighted by molar-refractivity contribution is -0.141. The normalized spacial score (nSPS) is 13.6. The summed E-state index contributed by atoms with van der Waals surface area (Å²) in [4.78, 5) is 9.46. The van der Waals surface area contributed by atoms with E-state index in [1.54, 1.807) is 0 Å². The highest BCUT2D eigenvalue weighted by molar-refractivity contribution is 5.43. The quantitative estimate of drug-likeness (QED) is 0.846. The molecule has 21 heavy (non-hydrogen) atoms. The highest BCUT2D eigenvalue weighted by Crippen LogP contribution is 2.30. The molecule has 1 heterocycles. The van der Waals surface area contributed by atoms with E-state index >= 15 is 0 Å². The van der Waals surface area contributed by atoms with E-state index in [1.807, 2.05) is 32.8 Å². The van der Waals surface area contributed by atoms with E-state index in [0.717, 1.165) is 6.07 Å². The molecule has 0 aliphatic carbocycles. The molecular formula is C13H22F3N5. The first kappa shape index (κ1) is 17.5. The topological polar surface area (TPSA) is 53.1 Å². The standard InChI is InChI=1S/C13H22F3N5/c1-8(2)9(7-21(4)5)18-11-6-10(13(14,15)16)19-12(17-3)20-11/h6,8-9H,7H2,1-5H3,(H2,17,18,19,20). The van der Waals surface area contributed by atoms with Crippen LogP contribution in [0.2, 0.25) is 0 Å². The minimum absolute atomic E-state index is 0.0133. The van der Waals surface area contributed by atoms with Gasteiger partial charge in [-0.2, -0.15) is 18.2 Å². The molecule has 0 saturated heterocycles. The van der Waals surface area contributed by atoms with Crippen LogP contribution in [0.4, 0.5) is 24.9 Å². The third-order valence-electron chi connectivity index (χ3n) is 2.94. The Labute approximate surface area is 123 Å². The maximum absolute atomic E-state index is 12.8. The first-order chi connectivity index (χ1) is 9.63. The van der Waals surface area contributed by atoms with Gasteiger partial charge in [0.2, 0.25) is 5.95 Å². The molecule has 120 valence electrons. The van der Waals surface area contributed by atoms with E-state index in [9.17, 15) is 13.2 Å². The predicted molar refractivity (Wildman–Crippen MR) is 77.4 cm³/mol. The molecule has 0 spiro atoms. The number of anilines is 2. The minimum atomic E-state index is -4.50. The van der Waals surface area contributed by atoms with Crippen molar-refractivity contribution in [3.8, 4) is 0 Å². The van der Waals surface area contributed by atoms with Gasteiger partial charge in [0.15, 0.2) is 5.69 Å². The van der Waals surface area contributed by atoms with Gasteiger partial charge in [0.1, 0.15) is 5.82 Å². The molecule has 0 bridgehead atoms. The number of hydrogen-bond acceptors (Lipinski definition) is 5. The van der Waals surface area contributed by atoms with Crippen LogP contribution < -0.4 is 10.6 Å². The Balaban J connectivity index is 3.05. The maximum Gasteiger partial charge on any atom is 0.433 e. The van der Waals surface area contributed by atoms with Crippen molar-refractivity contribution in [3.63, 3.8) is 0 Å². The molecule has 5 nitrogen and oxygen atoms in total. The van der Waals surface area contributed by atoms with E-state index in [-0.39, 0.29) is 23.7 Å². The lowest BCUT2D eigenvalue weighted by Gasteiger charge is -2.26. The summed E-state index contributed by atoms with van der Waals surface area (Å²) >= 11 is 0. The molecule has 1 rings (SSSR count). The Morgan fingerprint density at radius 2 is 1.86 bits per heavy atom. The van der Waals surface area contributed by atoms with Gasteiger partial charge < -0.3 is 15.5 Å². The van der Waals surface area contributed by atoms with Crippen LogP contribution in [-0.4, -0.2) is 48.6 Å². The van der Waals surface area contributed by atoms with Crippen LogP contribution in [0.15, 0.2) is 6.07 Å². The number of alkyl halides is 3. The smallest absolute Gasteiger partial charge is 0.366 e. The van der Waals surface area contributed by atoms with Crippen molar-refractivity contribution >= 4 is 11.8 Å². The van der Waals surface area contributed by atoms with Crippen molar-refractivity contribution in [2.24, 2.45) is 5.92 Å². The fourth-order valence-electron chi connectivity index (χ4n) is 1.78. The monoisotopic (exact) mass is 305 g/mol. The summed E-state index contributed by atoms with van der Waals surface area (Å²) in [6, 6.07) is 0.923. The zero-order valence-electron chi connectivity index (χ0n) is 12.9. The first-order valence-electron chi connectivity index (χ1n) is 6.68. The van der Waals surface area contributed by atoms with E-state index < -0.39 is 11.9 Å². The molecule has 0 saturated carbocycles. The van der Waals surface area contributed by atoms with E-state index in [0.29, 0.717) is 6.54 Å². The van der Waals surface area contributed by atoms with Crippen LogP contribution in [0.5, 0.6) is 0 Å². The molecule has 8 heteroatoms. The summed E-state index contributed by atoms with van der Waals surface area (Å²) in [7, 11) is 5.31. The number of rotatable bonds is 6. The number of hydrogen-bond donors (Lipinski definition) is 2. The number of nitrogens with one attached hydrogen (secondary N) is 2. The van der Waals surface area contributed by atoms with Gasteiger partial charge in [0, 0.05) is 25.7 Å². The summed E-state index contributed by atoms with van der Waals surface area (Å²) in [5.41, 5.74) is -0.961. The van der Waals surface area contributed by atoms with Crippen molar-refractivity contribution < 1.29 is 13.2 Å². The Morgan fingerprint density at radius 3 is 2.29 bits per heavy atom. The molecule has 2 N–H and O–H groups in total. The maximum atomic E-state index is 12.8. The zero-order chi connectivity index (χ0) is 16.2. The molecule has 0 radical (unpaired) electrons. The Hall–Kier alpha value is -1.57. The molecule has 1 unspecified atom stereocenters. The third kappa shape index (κ3) is 5.37. The van der Waals surface area contributed by atoms with Crippen LogP contribution in [0.3, 0.4) is 0 Å². The van der Waals surface area contributed by atoms with Gasteiger partial charge in [-0.3, -0.25) is 0 Å².